The molecular weight excluding hydrogens is 314 g/mol. The van der Waals surface area contributed by atoms with Gasteiger partial charge in [-0.2, -0.15) is 0 Å². The van der Waals surface area contributed by atoms with Crippen LogP contribution in [0.25, 0.3) is 0 Å². The number of carbonyl (C=O) groups is 2. The van der Waals surface area contributed by atoms with Crippen molar-refractivity contribution in [1.29, 1.82) is 0 Å². The summed E-state index contributed by atoms with van der Waals surface area (Å²) in [5, 5.41) is 13.9. The smallest absolute Gasteiger partial charge is 0.344 e. The van der Waals surface area contributed by atoms with Gasteiger partial charge >= 0.3 is 5.97 Å². The summed E-state index contributed by atoms with van der Waals surface area (Å²) in [6, 6.07) is 4.13. The predicted molar refractivity (Wildman–Crippen MR) is 90.2 cm³/mol. The van der Waals surface area contributed by atoms with Gasteiger partial charge in [-0.15, -0.1) is 0 Å². The van der Waals surface area contributed by atoms with E-state index in [1.165, 1.54) is 18.2 Å². The van der Waals surface area contributed by atoms with Crippen LogP contribution < -0.4 is 10.2 Å². The van der Waals surface area contributed by atoms with Crippen molar-refractivity contribution in [2.24, 2.45) is 0 Å². The van der Waals surface area contributed by atoms with Crippen LogP contribution in [-0.4, -0.2) is 42.5 Å². The summed E-state index contributed by atoms with van der Waals surface area (Å²) in [5.41, 5.74) is -0.300. The molecule has 0 bridgehead atoms. The van der Waals surface area contributed by atoms with Crippen molar-refractivity contribution in [3.8, 4) is 0 Å². The van der Waals surface area contributed by atoms with Crippen LogP contribution in [0.15, 0.2) is 18.2 Å². The Morgan fingerprint density at radius 2 is 1.96 bits per heavy atom. The highest BCUT2D eigenvalue weighted by Crippen LogP contribution is 2.25. The number of nitrogens with one attached hydrogen (secondary N) is 1. The van der Waals surface area contributed by atoms with Crippen molar-refractivity contribution in [2.45, 2.75) is 33.2 Å². The molecule has 0 fully saturated rings. The number of anilines is 1. The van der Waals surface area contributed by atoms with Gasteiger partial charge in [-0.3, -0.25) is 14.9 Å². The van der Waals surface area contributed by atoms with Gasteiger partial charge in [-0.25, -0.2) is 4.79 Å². The first kappa shape index (κ1) is 19.4. The number of nitrogens with zero attached hydrogens (tertiary/aromatic N) is 2. The number of benzene rings is 1. The molecule has 8 heteroatoms. The number of nitro groups is 1. The van der Waals surface area contributed by atoms with E-state index in [4.69, 9.17) is 0 Å². The predicted octanol–water partition coefficient (Wildman–Crippen LogP) is 2.12. The lowest BCUT2D eigenvalue weighted by molar-refractivity contribution is -0.385. The Labute approximate surface area is 140 Å². The zero-order valence-electron chi connectivity index (χ0n) is 14.6. The van der Waals surface area contributed by atoms with Crippen LogP contribution in [0, 0.1) is 10.1 Å². The fourth-order valence-corrected chi connectivity index (χ4v) is 2.17. The molecule has 1 aromatic carbocycles. The lowest BCUT2D eigenvalue weighted by Gasteiger charge is -2.26. The molecule has 1 amide bonds. The van der Waals surface area contributed by atoms with Crippen molar-refractivity contribution in [3.63, 3.8) is 0 Å². The zero-order chi connectivity index (χ0) is 18.5. The van der Waals surface area contributed by atoms with Crippen LogP contribution in [0.4, 0.5) is 11.4 Å². The minimum atomic E-state index is -0.793. The van der Waals surface area contributed by atoms with Gasteiger partial charge < -0.3 is 15.0 Å². The van der Waals surface area contributed by atoms with Crippen molar-refractivity contribution < 1.29 is 19.2 Å². The molecule has 0 atom stereocenters. The third kappa shape index (κ3) is 5.22. The SMILES string of the molecule is CCN(CC(=O)NC(C)(C)C)c1ccc([N+](=O)[O-])c(C(=O)OC)c1. The molecule has 0 aliphatic heterocycles. The minimum Gasteiger partial charge on any atom is -0.465 e. The number of likely N-dealkylation sites (N-methyl/N-ethyl adjacent to an activating group) is 1. The summed E-state index contributed by atoms with van der Waals surface area (Å²) in [6.45, 7) is 8.05. The van der Waals surface area contributed by atoms with Crippen LogP contribution in [0.5, 0.6) is 0 Å². The molecule has 0 spiro atoms. The molecule has 0 saturated heterocycles. The highest BCUT2D eigenvalue weighted by atomic mass is 16.6. The van der Waals surface area contributed by atoms with E-state index in [0.29, 0.717) is 12.2 Å². The first-order valence-corrected chi connectivity index (χ1v) is 7.51. The largest absolute Gasteiger partial charge is 0.465 e. The molecular formula is C16H23N3O5. The Kier molecular flexibility index (Phi) is 6.27. The van der Waals surface area contributed by atoms with Gasteiger partial charge in [0.15, 0.2) is 0 Å². The van der Waals surface area contributed by atoms with Gasteiger partial charge in [-0.05, 0) is 39.8 Å². The number of esters is 1. The minimum absolute atomic E-state index is 0.0756. The summed E-state index contributed by atoms with van der Waals surface area (Å²) in [5.74, 6) is -0.971. The highest BCUT2D eigenvalue weighted by Gasteiger charge is 2.23. The number of rotatable bonds is 6. The first-order chi connectivity index (χ1) is 11.1. The third-order valence-corrected chi connectivity index (χ3v) is 3.18. The van der Waals surface area contributed by atoms with Crippen LogP contribution in [0.3, 0.4) is 0 Å². The molecule has 1 N–H and O–H groups in total. The molecule has 0 aliphatic carbocycles. The number of methoxy groups -OCH3 is 1. The van der Waals surface area contributed by atoms with Crippen LogP contribution in [-0.2, 0) is 9.53 Å². The van der Waals surface area contributed by atoms with Crippen LogP contribution >= 0.6 is 0 Å². The van der Waals surface area contributed by atoms with E-state index in [9.17, 15) is 19.7 Å². The summed E-state index contributed by atoms with van der Waals surface area (Å²) in [4.78, 5) is 36.0. The normalized spacial score (nSPS) is 10.9. The number of nitro benzene ring substituents is 1. The van der Waals surface area contributed by atoms with Gasteiger partial charge in [0, 0.05) is 23.8 Å². The topological polar surface area (TPSA) is 102 Å². The van der Waals surface area contributed by atoms with E-state index in [-0.39, 0.29) is 29.2 Å². The maximum Gasteiger partial charge on any atom is 0.344 e. The lowest BCUT2D eigenvalue weighted by Crippen LogP contribution is -2.46. The average molecular weight is 337 g/mol. The first-order valence-electron chi connectivity index (χ1n) is 7.51. The molecule has 0 heterocycles. The monoisotopic (exact) mass is 337 g/mol. The summed E-state index contributed by atoms with van der Waals surface area (Å²) in [6.07, 6.45) is 0. The Morgan fingerprint density at radius 1 is 1.33 bits per heavy atom. The van der Waals surface area contributed by atoms with Crippen LogP contribution in [0.2, 0.25) is 0 Å². The average Bonchev–Trinajstić information content (AvgIpc) is 2.49. The van der Waals surface area contributed by atoms with E-state index in [0.717, 1.165) is 7.11 Å². The number of hydrogen-bond acceptors (Lipinski definition) is 6. The highest BCUT2D eigenvalue weighted by molar-refractivity contribution is 5.95. The van der Waals surface area contributed by atoms with E-state index in [1.807, 2.05) is 27.7 Å². The maximum absolute atomic E-state index is 12.1. The van der Waals surface area contributed by atoms with E-state index >= 15 is 0 Å². The molecule has 0 unspecified atom stereocenters. The molecule has 0 aromatic heterocycles. The van der Waals surface area contributed by atoms with E-state index < -0.39 is 10.9 Å². The molecule has 0 radical (unpaired) electrons. The Morgan fingerprint density at radius 3 is 2.42 bits per heavy atom. The van der Waals surface area contributed by atoms with Crippen molar-refractivity contribution in [2.75, 3.05) is 25.1 Å². The third-order valence-electron chi connectivity index (χ3n) is 3.18. The standard InChI is InChI=1S/C16H23N3O5/c1-6-18(10-14(20)17-16(2,3)4)11-7-8-13(19(22)23)12(9-11)15(21)24-5/h7-9H,6,10H2,1-5H3,(H,17,20). The van der Waals surface area contributed by atoms with Gasteiger partial charge in [-0.1, -0.05) is 0 Å². The Hall–Kier alpha value is -2.64. The summed E-state index contributed by atoms with van der Waals surface area (Å²) in [7, 11) is 1.16. The van der Waals surface area contributed by atoms with Gasteiger partial charge in [0.2, 0.25) is 5.91 Å². The molecule has 132 valence electrons. The second kappa shape index (κ2) is 7.76. The van der Waals surface area contributed by atoms with Gasteiger partial charge in [0.1, 0.15) is 5.56 Å². The zero-order valence-corrected chi connectivity index (χ0v) is 14.6. The lowest BCUT2D eigenvalue weighted by atomic mass is 10.1. The van der Waals surface area contributed by atoms with E-state index in [1.54, 1.807) is 4.90 Å². The summed E-state index contributed by atoms with van der Waals surface area (Å²) >= 11 is 0. The van der Waals surface area contributed by atoms with Gasteiger partial charge in [0.25, 0.3) is 5.69 Å². The van der Waals surface area contributed by atoms with E-state index in [2.05, 4.69) is 10.1 Å². The molecule has 24 heavy (non-hydrogen) atoms. The quantitative estimate of drug-likeness (QED) is 0.485. The molecule has 1 aromatic rings. The molecule has 0 saturated carbocycles. The maximum atomic E-state index is 12.1. The second-order valence-corrected chi connectivity index (χ2v) is 6.26. The number of hydrogen-bond donors (Lipinski definition) is 1. The van der Waals surface area contributed by atoms with Crippen LogP contribution in [0.1, 0.15) is 38.1 Å². The second-order valence-electron chi connectivity index (χ2n) is 6.26. The molecule has 8 nitrogen and oxygen atoms in total. The van der Waals surface area contributed by atoms with Crippen molar-refractivity contribution >= 4 is 23.3 Å². The van der Waals surface area contributed by atoms with Gasteiger partial charge in [0.05, 0.1) is 18.6 Å². The fraction of sp³-hybridized carbons (Fsp3) is 0.500. The van der Waals surface area contributed by atoms with Crippen molar-refractivity contribution in [1.82, 2.24) is 5.32 Å². The molecule has 1 rings (SSSR count). The number of ether oxygens (including phenoxy) is 1. The number of amides is 1. The Balaban J connectivity index is 3.12. The fourth-order valence-electron chi connectivity index (χ4n) is 2.17. The number of carbonyl (C=O) groups excluding carboxylic acids is 2. The molecule has 0 aliphatic rings. The van der Waals surface area contributed by atoms with Crippen molar-refractivity contribution in [3.05, 3.63) is 33.9 Å². The summed E-state index contributed by atoms with van der Waals surface area (Å²) < 4.78 is 4.60. The Bertz CT molecular complexity index is 637.